The minimum Gasteiger partial charge on any atom is -0.439 e. The Hall–Kier alpha value is -2.23. The summed E-state index contributed by atoms with van der Waals surface area (Å²) in [7, 11) is 0. The fourth-order valence-electron chi connectivity index (χ4n) is 2.27. The first-order chi connectivity index (χ1) is 11.2. The molecule has 1 aromatic carbocycles. The predicted octanol–water partition coefficient (Wildman–Crippen LogP) is 5.11. The van der Waals surface area contributed by atoms with Gasteiger partial charge < -0.3 is 15.4 Å². The van der Waals surface area contributed by atoms with Crippen LogP contribution in [-0.4, -0.2) is 18.1 Å². The van der Waals surface area contributed by atoms with E-state index in [9.17, 15) is 0 Å². The van der Waals surface area contributed by atoms with Gasteiger partial charge >= 0.3 is 0 Å². The molecule has 0 amide bonds. The van der Waals surface area contributed by atoms with Gasteiger partial charge in [-0.15, -0.1) is 0 Å². The number of aromatic nitrogens is 1. The van der Waals surface area contributed by atoms with E-state index in [1.54, 1.807) is 0 Å². The number of anilines is 2. The maximum absolute atomic E-state index is 5.93. The summed E-state index contributed by atoms with van der Waals surface area (Å²) in [6.07, 6.45) is 2.19. The van der Waals surface area contributed by atoms with Gasteiger partial charge in [-0.2, -0.15) is 4.98 Å². The first kappa shape index (κ1) is 18.8. The summed E-state index contributed by atoms with van der Waals surface area (Å²) in [5.74, 6) is 1.78. The van der Waals surface area contributed by atoms with Crippen LogP contribution in [0.3, 0.4) is 0 Å². The van der Waals surface area contributed by atoms with E-state index in [1.807, 2.05) is 56.3 Å². The Balaban J connectivity index is 0.00000127. The van der Waals surface area contributed by atoms with Gasteiger partial charge in [0.05, 0.1) is 0 Å². The summed E-state index contributed by atoms with van der Waals surface area (Å²) < 4.78 is 5.79. The van der Waals surface area contributed by atoms with Crippen LogP contribution < -0.4 is 15.4 Å². The molecule has 0 aliphatic rings. The van der Waals surface area contributed by atoms with Crippen LogP contribution in [0, 0.1) is 0 Å². The topological polar surface area (TPSA) is 51.4 Å². The number of nitrogens with two attached hydrogens (primary N) is 1. The van der Waals surface area contributed by atoms with Gasteiger partial charge in [-0.25, -0.2) is 0 Å². The Morgan fingerprint density at radius 1 is 1.00 bits per heavy atom. The third-order valence-corrected chi connectivity index (χ3v) is 3.12. The van der Waals surface area contributed by atoms with Gasteiger partial charge in [0.2, 0.25) is 5.88 Å². The molecule has 2 aromatic rings. The third kappa shape index (κ3) is 6.19. The summed E-state index contributed by atoms with van der Waals surface area (Å²) in [5.41, 5.74) is 6.99. The molecule has 2 N–H and O–H groups in total. The molecule has 4 nitrogen and oxygen atoms in total. The van der Waals surface area contributed by atoms with Gasteiger partial charge in [0.25, 0.3) is 0 Å². The Morgan fingerprint density at radius 2 is 1.61 bits per heavy atom. The second-order valence-electron chi connectivity index (χ2n) is 4.99. The second-order valence-corrected chi connectivity index (χ2v) is 4.99. The standard InChI is InChI=1S/C17H23N3O.C2H6/c1-3-10-20(11-4-2)14-12-16(18)19-17(13-14)21-15-8-6-5-7-9-15;1-2/h5-9,12-13H,3-4,10-11H2,1-2H3,(H2,18,19);1-2H3. The molecule has 1 heterocycles. The summed E-state index contributed by atoms with van der Waals surface area (Å²) in [5, 5.41) is 0. The molecule has 0 saturated carbocycles. The molecule has 0 atom stereocenters. The van der Waals surface area contributed by atoms with Gasteiger partial charge in [0.15, 0.2) is 0 Å². The molecule has 0 aliphatic heterocycles. The zero-order valence-electron chi connectivity index (χ0n) is 14.7. The van der Waals surface area contributed by atoms with Gasteiger partial charge in [-0.1, -0.05) is 45.9 Å². The molecule has 0 bridgehead atoms. The van der Waals surface area contributed by atoms with Crippen molar-refractivity contribution in [3.63, 3.8) is 0 Å². The monoisotopic (exact) mass is 315 g/mol. The first-order valence-electron chi connectivity index (χ1n) is 8.48. The average molecular weight is 315 g/mol. The van der Waals surface area contributed by atoms with Crippen LogP contribution in [0.2, 0.25) is 0 Å². The van der Waals surface area contributed by atoms with Crippen molar-refractivity contribution in [1.29, 1.82) is 0 Å². The molecule has 23 heavy (non-hydrogen) atoms. The largest absolute Gasteiger partial charge is 0.439 e. The van der Waals surface area contributed by atoms with E-state index < -0.39 is 0 Å². The lowest BCUT2D eigenvalue weighted by molar-refractivity contribution is 0.463. The van der Waals surface area contributed by atoms with E-state index >= 15 is 0 Å². The van der Waals surface area contributed by atoms with Crippen molar-refractivity contribution in [2.45, 2.75) is 40.5 Å². The van der Waals surface area contributed by atoms with Gasteiger partial charge in [-0.3, -0.25) is 0 Å². The van der Waals surface area contributed by atoms with Crippen molar-refractivity contribution in [2.24, 2.45) is 0 Å². The van der Waals surface area contributed by atoms with E-state index in [0.29, 0.717) is 11.7 Å². The first-order valence-corrected chi connectivity index (χ1v) is 8.48. The number of nitrogens with zero attached hydrogens (tertiary/aromatic N) is 2. The molecule has 126 valence electrons. The van der Waals surface area contributed by atoms with E-state index in [2.05, 4.69) is 23.7 Å². The molecular weight excluding hydrogens is 286 g/mol. The Morgan fingerprint density at radius 3 is 2.17 bits per heavy atom. The number of hydrogen-bond acceptors (Lipinski definition) is 4. The van der Waals surface area contributed by atoms with Crippen LogP contribution >= 0.6 is 0 Å². The number of para-hydroxylation sites is 1. The summed E-state index contributed by atoms with van der Waals surface area (Å²) in [6.45, 7) is 10.4. The van der Waals surface area contributed by atoms with E-state index in [1.165, 1.54) is 0 Å². The van der Waals surface area contributed by atoms with Gasteiger partial charge in [0.1, 0.15) is 11.6 Å². The molecule has 1 aromatic heterocycles. The Kier molecular flexibility index (Phi) is 8.58. The minimum atomic E-state index is 0.482. The van der Waals surface area contributed by atoms with Crippen molar-refractivity contribution in [1.82, 2.24) is 4.98 Å². The molecule has 0 spiro atoms. The zero-order valence-corrected chi connectivity index (χ0v) is 14.7. The van der Waals surface area contributed by atoms with Gasteiger partial charge in [-0.05, 0) is 25.0 Å². The molecule has 2 rings (SSSR count). The van der Waals surface area contributed by atoms with Crippen LogP contribution in [0.25, 0.3) is 0 Å². The van der Waals surface area contributed by atoms with Crippen molar-refractivity contribution < 1.29 is 4.74 Å². The highest BCUT2D eigenvalue weighted by Crippen LogP contribution is 2.26. The number of hydrogen-bond donors (Lipinski definition) is 1. The molecule has 0 radical (unpaired) electrons. The maximum atomic E-state index is 5.93. The van der Waals surface area contributed by atoms with E-state index in [4.69, 9.17) is 10.5 Å². The summed E-state index contributed by atoms with van der Waals surface area (Å²) >= 11 is 0. The van der Waals surface area contributed by atoms with Crippen LogP contribution in [-0.2, 0) is 0 Å². The SMILES string of the molecule is CC.CCCN(CCC)c1cc(N)nc(Oc2ccccc2)c1. The molecule has 0 saturated heterocycles. The number of pyridine rings is 1. The summed E-state index contributed by atoms with van der Waals surface area (Å²) in [4.78, 5) is 6.58. The van der Waals surface area contributed by atoms with Crippen LogP contribution in [0.1, 0.15) is 40.5 Å². The lowest BCUT2D eigenvalue weighted by Crippen LogP contribution is -2.25. The Labute approximate surface area is 140 Å². The lowest BCUT2D eigenvalue weighted by atomic mass is 10.3. The normalized spacial score (nSPS) is 9.74. The van der Waals surface area contributed by atoms with Crippen LogP contribution in [0.5, 0.6) is 11.6 Å². The van der Waals surface area contributed by atoms with Crippen LogP contribution in [0.15, 0.2) is 42.5 Å². The highest BCUT2D eigenvalue weighted by atomic mass is 16.5. The maximum Gasteiger partial charge on any atom is 0.223 e. The van der Waals surface area contributed by atoms with Crippen molar-refractivity contribution in [3.8, 4) is 11.6 Å². The molecule has 0 aliphatic carbocycles. The zero-order chi connectivity index (χ0) is 17.1. The third-order valence-electron chi connectivity index (χ3n) is 3.12. The number of benzene rings is 1. The number of nitrogen functional groups attached to an aromatic ring is 1. The van der Waals surface area contributed by atoms with E-state index in [-0.39, 0.29) is 0 Å². The minimum absolute atomic E-state index is 0.482. The molecule has 0 fully saturated rings. The molecule has 0 unspecified atom stereocenters. The van der Waals surface area contributed by atoms with Crippen molar-refractivity contribution in [2.75, 3.05) is 23.7 Å². The van der Waals surface area contributed by atoms with Crippen molar-refractivity contribution in [3.05, 3.63) is 42.5 Å². The highest BCUT2D eigenvalue weighted by molar-refractivity contribution is 5.55. The predicted molar refractivity (Wildman–Crippen MR) is 99.3 cm³/mol. The lowest BCUT2D eigenvalue weighted by Gasteiger charge is -2.24. The second kappa shape index (κ2) is 10.5. The quantitative estimate of drug-likeness (QED) is 0.771. The van der Waals surface area contributed by atoms with E-state index in [0.717, 1.165) is 37.4 Å². The van der Waals surface area contributed by atoms with Crippen LogP contribution in [0.4, 0.5) is 11.5 Å². The molecular formula is C19H29N3O. The number of ether oxygens (including phenoxy) is 1. The fourth-order valence-corrected chi connectivity index (χ4v) is 2.27. The Bertz CT molecular complexity index is 552. The smallest absolute Gasteiger partial charge is 0.223 e. The summed E-state index contributed by atoms with van der Waals surface area (Å²) in [6, 6.07) is 13.5. The molecule has 4 heteroatoms. The van der Waals surface area contributed by atoms with Crippen molar-refractivity contribution >= 4 is 11.5 Å². The number of rotatable bonds is 7. The highest BCUT2D eigenvalue weighted by Gasteiger charge is 2.09. The van der Waals surface area contributed by atoms with Gasteiger partial charge in [0, 0.05) is 30.9 Å². The fraction of sp³-hybridized carbons (Fsp3) is 0.421. The average Bonchev–Trinajstić information content (AvgIpc) is 2.57.